The smallest absolute Gasteiger partial charge is 0.237 e. The number of thioether (sulfide) groups is 1. The Hall–Kier alpha value is -1.39. The summed E-state index contributed by atoms with van der Waals surface area (Å²) in [6.45, 7) is 0. The van der Waals surface area contributed by atoms with Crippen molar-refractivity contribution < 1.29 is 4.74 Å². The van der Waals surface area contributed by atoms with Crippen LogP contribution in [-0.2, 0) is 0 Å². The molecule has 1 aromatic heterocycles. The van der Waals surface area contributed by atoms with Crippen LogP contribution in [0.4, 0.5) is 5.69 Å². The highest BCUT2D eigenvalue weighted by atomic mass is 35.5. The van der Waals surface area contributed by atoms with E-state index in [0.717, 1.165) is 22.9 Å². The van der Waals surface area contributed by atoms with Gasteiger partial charge in [0.25, 0.3) is 0 Å². The number of hydrogen-bond donors (Lipinski definition) is 1. The number of ether oxygens (including phenoxy) is 1. The van der Waals surface area contributed by atoms with Gasteiger partial charge in [-0.3, -0.25) is 0 Å². The predicted molar refractivity (Wildman–Crippen MR) is 83.9 cm³/mol. The number of methoxy groups -OCH3 is 1. The monoisotopic (exact) mass is 306 g/mol. The van der Waals surface area contributed by atoms with E-state index in [1.54, 1.807) is 13.3 Å². The van der Waals surface area contributed by atoms with E-state index in [1.165, 1.54) is 10.5 Å². The number of pyridine rings is 1. The van der Waals surface area contributed by atoms with Gasteiger partial charge in [0.15, 0.2) is 0 Å². The maximum Gasteiger partial charge on any atom is 0.237 e. The Kier molecular flexibility index (Phi) is 4.03. The quantitative estimate of drug-likeness (QED) is 0.912. The fourth-order valence-electron chi connectivity index (χ4n) is 2.37. The number of halogens is 1. The Morgan fingerprint density at radius 3 is 3.15 bits per heavy atom. The van der Waals surface area contributed by atoms with Crippen LogP contribution in [-0.4, -0.2) is 17.8 Å². The molecule has 1 atom stereocenters. The third-order valence-electron chi connectivity index (χ3n) is 3.31. The zero-order chi connectivity index (χ0) is 13.9. The highest BCUT2D eigenvalue weighted by Crippen LogP contribution is 2.40. The van der Waals surface area contributed by atoms with Crippen molar-refractivity contribution in [2.75, 3.05) is 18.2 Å². The topological polar surface area (TPSA) is 34.1 Å². The highest BCUT2D eigenvalue weighted by molar-refractivity contribution is 7.99. The molecule has 1 unspecified atom stereocenters. The normalized spacial score (nSPS) is 17.4. The molecule has 3 nitrogen and oxygen atoms in total. The molecule has 3 rings (SSSR count). The molecule has 1 aliphatic heterocycles. The van der Waals surface area contributed by atoms with Crippen LogP contribution in [0.25, 0.3) is 0 Å². The van der Waals surface area contributed by atoms with Crippen LogP contribution in [0.2, 0.25) is 5.02 Å². The van der Waals surface area contributed by atoms with Gasteiger partial charge in [-0.2, -0.15) is 0 Å². The molecule has 1 N–H and O–H groups in total. The molecule has 5 heteroatoms. The first-order chi connectivity index (χ1) is 9.78. The molecule has 0 radical (unpaired) electrons. The van der Waals surface area contributed by atoms with Crippen molar-refractivity contribution in [2.24, 2.45) is 0 Å². The minimum absolute atomic E-state index is 0.239. The summed E-state index contributed by atoms with van der Waals surface area (Å²) in [5.74, 6) is 1.71. The number of hydrogen-bond acceptors (Lipinski definition) is 4. The summed E-state index contributed by atoms with van der Waals surface area (Å²) in [6, 6.07) is 10.2. The number of rotatable bonds is 3. The maximum atomic E-state index is 6.13. The summed E-state index contributed by atoms with van der Waals surface area (Å²) < 4.78 is 5.29. The van der Waals surface area contributed by atoms with Crippen LogP contribution >= 0.6 is 23.4 Å². The summed E-state index contributed by atoms with van der Waals surface area (Å²) in [7, 11) is 1.63. The van der Waals surface area contributed by atoms with Crippen molar-refractivity contribution in [1.82, 2.24) is 4.98 Å². The Balaban J connectivity index is 1.91. The number of fused-ring (bicyclic) bond motifs is 1. The lowest BCUT2D eigenvalue weighted by molar-refractivity contribution is 0.399. The Morgan fingerprint density at radius 1 is 1.40 bits per heavy atom. The summed E-state index contributed by atoms with van der Waals surface area (Å²) >= 11 is 8.01. The minimum Gasteiger partial charge on any atom is -0.480 e. The zero-order valence-electron chi connectivity index (χ0n) is 11.1. The van der Waals surface area contributed by atoms with E-state index >= 15 is 0 Å². The van der Waals surface area contributed by atoms with Crippen molar-refractivity contribution in [3.05, 3.63) is 47.1 Å². The lowest BCUT2D eigenvalue weighted by Gasteiger charge is -2.27. The van der Waals surface area contributed by atoms with Crippen molar-refractivity contribution >= 4 is 29.1 Å². The van der Waals surface area contributed by atoms with Gasteiger partial charge in [-0.25, -0.2) is 4.98 Å². The van der Waals surface area contributed by atoms with Crippen LogP contribution < -0.4 is 10.1 Å². The fourth-order valence-corrected chi connectivity index (χ4v) is 3.65. The molecule has 20 heavy (non-hydrogen) atoms. The van der Waals surface area contributed by atoms with Crippen molar-refractivity contribution in [3.8, 4) is 5.88 Å². The van der Waals surface area contributed by atoms with Gasteiger partial charge in [0, 0.05) is 21.9 Å². The second-order valence-corrected chi connectivity index (χ2v) is 6.15. The van der Waals surface area contributed by atoms with Gasteiger partial charge in [0.2, 0.25) is 5.88 Å². The standard InChI is InChI=1S/C15H15ClN2OS/c1-19-15-13(3-2-7-17-15)18-12-6-8-20-14-5-4-10(16)9-11(12)14/h2-5,7,9,12,18H,6,8H2,1H3. The van der Waals surface area contributed by atoms with E-state index in [2.05, 4.69) is 16.4 Å². The molecule has 0 saturated heterocycles. The van der Waals surface area contributed by atoms with Gasteiger partial charge < -0.3 is 10.1 Å². The largest absolute Gasteiger partial charge is 0.480 e. The average molecular weight is 307 g/mol. The first-order valence-electron chi connectivity index (χ1n) is 6.45. The second-order valence-electron chi connectivity index (χ2n) is 4.58. The number of aromatic nitrogens is 1. The average Bonchev–Trinajstić information content (AvgIpc) is 2.48. The van der Waals surface area contributed by atoms with Gasteiger partial charge in [-0.15, -0.1) is 11.8 Å². The molecule has 0 aliphatic carbocycles. The number of nitrogens with one attached hydrogen (secondary N) is 1. The van der Waals surface area contributed by atoms with E-state index < -0.39 is 0 Å². The molecule has 0 fully saturated rings. The third kappa shape index (κ3) is 2.72. The van der Waals surface area contributed by atoms with E-state index in [0.29, 0.717) is 5.88 Å². The van der Waals surface area contributed by atoms with Crippen molar-refractivity contribution in [1.29, 1.82) is 0 Å². The maximum absolute atomic E-state index is 6.13. The molecule has 0 saturated carbocycles. The summed E-state index contributed by atoms with van der Waals surface area (Å²) in [5.41, 5.74) is 2.16. The van der Waals surface area contributed by atoms with Crippen molar-refractivity contribution in [2.45, 2.75) is 17.4 Å². The minimum atomic E-state index is 0.239. The molecule has 2 aromatic rings. The first kappa shape index (κ1) is 13.6. The van der Waals surface area contributed by atoms with Gasteiger partial charge in [-0.1, -0.05) is 11.6 Å². The second kappa shape index (κ2) is 5.94. The van der Waals surface area contributed by atoms with Crippen LogP contribution in [0, 0.1) is 0 Å². The van der Waals surface area contributed by atoms with Gasteiger partial charge in [0.1, 0.15) is 0 Å². The molecule has 1 aromatic carbocycles. The Labute approximate surface area is 127 Å². The van der Waals surface area contributed by atoms with Gasteiger partial charge in [0.05, 0.1) is 18.8 Å². The zero-order valence-corrected chi connectivity index (χ0v) is 12.7. The van der Waals surface area contributed by atoms with E-state index in [4.69, 9.17) is 16.3 Å². The molecule has 0 amide bonds. The van der Waals surface area contributed by atoms with Crippen LogP contribution in [0.15, 0.2) is 41.4 Å². The number of benzene rings is 1. The van der Waals surface area contributed by atoms with Crippen LogP contribution in [0.5, 0.6) is 5.88 Å². The lowest BCUT2D eigenvalue weighted by Crippen LogP contribution is -2.16. The SMILES string of the molecule is COc1ncccc1NC1CCSc2ccc(Cl)cc21. The fraction of sp³-hybridized carbons (Fsp3) is 0.267. The van der Waals surface area contributed by atoms with E-state index in [-0.39, 0.29) is 6.04 Å². The summed E-state index contributed by atoms with van der Waals surface area (Å²) in [5, 5.41) is 4.30. The summed E-state index contributed by atoms with van der Waals surface area (Å²) in [4.78, 5) is 5.51. The molecule has 2 heterocycles. The van der Waals surface area contributed by atoms with Gasteiger partial charge >= 0.3 is 0 Å². The summed E-state index contributed by atoms with van der Waals surface area (Å²) in [6.07, 6.45) is 2.78. The number of anilines is 1. The molecule has 1 aliphatic rings. The molecule has 104 valence electrons. The van der Waals surface area contributed by atoms with Gasteiger partial charge in [-0.05, 0) is 42.3 Å². The third-order valence-corrected chi connectivity index (χ3v) is 4.66. The Bertz CT molecular complexity index is 621. The highest BCUT2D eigenvalue weighted by Gasteiger charge is 2.22. The van der Waals surface area contributed by atoms with Crippen molar-refractivity contribution in [3.63, 3.8) is 0 Å². The molecule has 0 spiro atoms. The van der Waals surface area contributed by atoms with E-state index in [1.807, 2.05) is 36.0 Å². The van der Waals surface area contributed by atoms with Crippen LogP contribution in [0.3, 0.4) is 0 Å². The molecular weight excluding hydrogens is 292 g/mol. The lowest BCUT2D eigenvalue weighted by atomic mass is 10.0. The number of nitrogens with zero attached hydrogens (tertiary/aromatic N) is 1. The molecular formula is C15H15ClN2OS. The van der Waals surface area contributed by atoms with Crippen LogP contribution in [0.1, 0.15) is 18.0 Å². The Morgan fingerprint density at radius 2 is 2.30 bits per heavy atom. The first-order valence-corrected chi connectivity index (χ1v) is 7.82. The van der Waals surface area contributed by atoms with E-state index in [9.17, 15) is 0 Å². The molecule has 0 bridgehead atoms. The predicted octanol–water partition coefficient (Wildman–Crippen LogP) is 4.39.